The molecule has 0 aliphatic heterocycles. The molecule has 0 saturated carbocycles. The van der Waals surface area contributed by atoms with Gasteiger partial charge in [-0.3, -0.25) is 14.8 Å². The summed E-state index contributed by atoms with van der Waals surface area (Å²) in [6.45, 7) is 0.625. The number of nitrogens with zero attached hydrogens (tertiary/aromatic N) is 2. The van der Waals surface area contributed by atoms with E-state index in [1.54, 1.807) is 24.3 Å². The monoisotopic (exact) mass is 382 g/mol. The molecule has 0 fully saturated rings. The Bertz CT molecular complexity index is 863. The molecular formula is C20H22N4O4. The Labute approximate surface area is 162 Å². The lowest BCUT2D eigenvalue weighted by Gasteiger charge is -2.17. The molecule has 2 aromatic rings. The first-order chi connectivity index (χ1) is 13.5. The highest BCUT2D eigenvalue weighted by Gasteiger charge is 2.04. The molecular weight excluding hydrogens is 360 g/mol. The highest BCUT2D eigenvalue weighted by molar-refractivity contribution is 5.96. The van der Waals surface area contributed by atoms with Crippen molar-refractivity contribution >= 4 is 29.8 Å². The number of aliphatic hydroxyl groups is 1. The molecule has 2 amide bonds. The van der Waals surface area contributed by atoms with E-state index in [-0.39, 0.29) is 6.61 Å². The van der Waals surface area contributed by atoms with Crippen LogP contribution in [0.2, 0.25) is 0 Å². The van der Waals surface area contributed by atoms with E-state index in [9.17, 15) is 9.59 Å². The van der Waals surface area contributed by atoms with Crippen molar-refractivity contribution in [1.82, 2.24) is 10.9 Å². The van der Waals surface area contributed by atoms with Crippen LogP contribution in [0, 0.1) is 0 Å². The number of hydrogen-bond donors (Lipinski definition) is 4. The van der Waals surface area contributed by atoms with Crippen molar-refractivity contribution in [2.24, 2.45) is 5.10 Å². The molecule has 8 heteroatoms. The largest absolute Gasteiger partial charge is 0.395 e. The average molecular weight is 382 g/mol. The second-order valence-corrected chi connectivity index (χ2v) is 5.87. The SMILES string of the molecule is CN(CCO)c1ccc(/C=N/NC(=O)c2cccc(/C=C/C(=O)NO)c2)cc1. The smallest absolute Gasteiger partial charge is 0.271 e. The third-order valence-corrected chi connectivity index (χ3v) is 3.84. The number of hydrogen-bond acceptors (Lipinski definition) is 6. The van der Waals surface area contributed by atoms with Gasteiger partial charge in [-0.25, -0.2) is 10.9 Å². The average Bonchev–Trinajstić information content (AvgIpc) is 2.72. The van der Waals surface area contributed by atoms with Crippen LogP contribution in [0.5, 0.6) is 0 Å². The summed E-state index contributed by atoms with van der Waals surface area (Å²) in [5, 5.41) is 21.4. The molecule has 28 heavy (non-hydrogen) atoms. The fraction of sp³-hybridized carbons (Fsp3) is 0.150. The number of hydrazone groups is 1. The van der Waals surface area contributed by atoms with Crippen molar-refractivity contribution in [3.8, 4) is 0 Å². The van der Waals surface area contributed by atoms with E-state index in [0.717, 1.165) is 17.3 Å². The van der Waals surface area contributed by atoms with Crippen molar-refractivity contribution < 1.29 is 19.9 Å². The fourth-order valence-corrected chi connectivity index (χ4v) is 2.32. The quantitative estimate of drug-likeness (QED) is 0.238. The zero-order valence-corrected chi connectivity index (χ0v) is 15.4. The van der Waals surface area contributed by atoms with Crippen molar-refractivity contribution in [2.45, 2.75) is 0 Å². The molecule has 0 spiro atoms. The number of aliphatic hydroxyl groups excluding tert-OH is 1. The highest BCUT2D eigenvalue weighted by Crippen LogP contribution is 2.12. The number of rotatable bonds is 8. The van der Waals surface area contributed by atoms with Gasteiger partial charge in [0.1, 0.15) is 0 Å². The third-order valence-electron chi connectivity index (χ3n) is 3.84. The van der Waals surface area contributed by atoms with Gasteiger partial charge in [0, 0.05) is 30.9 Å². The van der Waals surface area contributed by atoms with Crippen molar-refractivity contribution in [2.75, 3.05) is 25.1 Å². The summed E-state index contributed by atoms with van der Waals surface area (Å²) in [6, 6.07) is 14.1. The number of benzene rings is 2. The first-order valence-corrected chi connectivity index (χ1v) is 8.51. The predicted molar refractivity (Wildman–Crippen MR) is 107 cm³/mol. The van der Waals surface area contributed by atoms with Gasteiger partial charge in [0.2, 0.25) is 0 Å². The lowest BCUT2D eigenvalue weighted by atomic mass is 10.1. The summed E-state index contributed by atoms with van der Waals surface area (Å²) in [4.78, 5) is 25.1. The minimum absolute atomic E-state index is 0.0807. The standard InChI is InChI=1S/C20H22N4O4/c1-24(11-12-25)18-8-5-16(6-9-18)14-21-22-20(27)17-4-2-3-15(13-17)7-10-19(26)23-28/h2-10,13-14,25,28H,11-12H2,1H3,(H,22,27)(H,23,26)/b10-7+,21-14+. The van der Waals surface area contributed by atoms with Crippen LogP contribution in [0.3, 0.4) is 0 Å². The van der Waals surface area contributed by atoms with Gasteiger partial charge in [-0.2, -0.15) is 5.10 Å². The van der Waals surface area contributed by atoms with Gasteiger partial charge >= 0.3 is 0 Å². The van der Waals surface area contributed by atoms with Gasteiger partial charge in [-0.15, -0.1) is 0 Å². The molecule has 2 rings (SSSR count). The normalized spacial score (nSPS) is 11.0. The summed E-state index contributed by atoms with van der Waals surface area (Å²) in [5.74, 6) is -1.05. The highest BCUT2D eigenvalue weighted by atomic mass is 16.5. The van der Waals surface area contributed by atoms with Crippen molar-refractivity contribution in [1.29, 1.82) is 0 Å². The molecule has 0 aliphatic carbocycles. The molecule has 0 aromatic heterocycles. The predicted octanol–water partition coefficient (Wildman–Crippen LogP) is 1.40. The van der Waals surface area contributed by atoms with E-state index in [2.05, 4.69) is 10.5 Å². The van der Waals surface area contributed by atoms with E-state index < -0.39 is 11.8 Å². The number of anilines is 1. The van der Waals surface area contributed by atoms with Crippen LogP contribution in [-0.4, -0.2) is 48.5 Å². The summed E-state index contributed by atoms with van der Waals surface area (Å²) in [7, 11) is 1.89. The van der Waals surface area contributed by atoms with Crippen LogP contribution >= 0.6 is 0 Å². The number of amides is 2. The molecule has 0 heterocycles. The van der Waals surface area contributed by atoms with Crippen LogP contribution in [0.15, 0.2) is 59.7 Å². The van der Waals surface area contributed by atoms with E-state index >= 15 is 0 Å². The maximum absolute atomic E-state index is 12.2. The first kappa shape index (κ1) is 20.8. The minimum Gasteiger partial charge on any atom is -0.395 e. The van der Waals surface area contributed by atoms with Crippen molar-refractivity contribution in [3.63, 3.8) is 0 Å². The maximum atomic E-state index is 12.2. The van der Waals surface area contributed by atoms with Gasteiger partial charge in [0.25, 0.3) is 11.8 Å². The zero-order valence-electron chi connectivity index (χ0n) is 15.4. The molecule has 4 N–H and O–H groups in total. The van der Waals surface area contributed by atoms with Gasteiger partial charge in [-0.1, -0.05) is 24.3 Å². The van der Waals surface area contributed by atoms with Gasteiger partial charge in [0.15, 0.2) is 0 Å². The lowest BCUT2D eigenvalue weighted by molar-refractivity contribution is -0.124. The van der Waals surface area contributed by atoms with Gasteiger partial charge in [-0.05, 0) is 41.5 Å². The van der Waals surface area contributed by atoms with Crippen LogP contribution in [0.4, 0.5) is 5.69 Å². The Kier molecular flexibility index (Phi) is 7.89. The molecule has 0 saturated heterocycles. The van der Waals surface area contributed by atoms with E-state index in [1.807, 2.05) is 36.2 Å². The number of nitrogens with one attached hydrogen (secondary N) is 2. The first-order valence-electron chi connectivity index (χ1n) is 8.51. The molecule has 8 nitrogen and oxygen atoms in total. The number of carbonyl (C=O) groups is 2. The fourth-order valence-electron chi connectivity index (χ4n) is 2.32. The summed E-state index contributed by atoms with van der Waals surface area (Å²) in [6.07, 6.45) is 4.15. The van der Waals surface area contributed by atoms with Crippen LogP contribution in [0.1, 0.15) is 21.5 Å². The maximum Gasteiger partial charge on any atom is 0.271 e. The summed E-state index contributed by atoms with van der Waals surface area (Å²) < 4.78 is 0. The molecule has 0 atom stereocenters. The number of hydroxylamine groups is 1. The second-order valence-electron chi connectivity index (χ2n) is 5.87. The molecule has 2 aromatic carbocycles. The van der Waals surface area contributed by atoms with Gasteiger partial charge < -0.3 is 10.0 Å². The molecule has 0 bridgehead atoms. The molecule has 0 unspecified atom stereocenters. The summed E-state index contributed by atoms with van der Waals surface area (Å²) >= 11 is 0. The Balaban J connectivity index is 1.96. The number of likely N-dealkylation sites (N-methyl/N-ethyl adjacent to an activating group) is 1. The van der Waals surface area contributed by atoms with Crippen molar-refractivity contribution in [3.05, 3.63) is 71.3 Å². The summed E-state index contributed by atoms with van der Waals surface area (Å²) in [5.41, 5.74) is 6.73. The topological polar surface area (TPSA) is 114 Å². The molecule has 146 valence electrons. The van der Waals surface area contributed by atoms with E-state index in [1.165, 1.54) is 17.8 Å². The molecule has 0 aliphatic rings. The minimum atomic E-state index is -0.659. The Morgan fingerprint density at radius 3 is 2.57 bits per heavy atom. The van der Waals surface area contributed by atoms with Crippen LogP contribution < -0.4 is 15.8 Å². The van der Waals surface area contributed by atoms with E-state index in [0.29, 0.717) is 17.7 Å². The van der Waals surface area contributed by atoms with Crippen LogP contribution in [-0.2, 0) is 4.79 Å². The zero-order chi connectivity index (χ0) is 20.4. The Hall–Kier alpha value is -3.49. The number of carbonyl (C=O) groups excluding carboxylic acids is 2. The molecule has 0 radical (unpaired) electrons. The van der Waals surface area contributed by atoms with E-state index in [4.69, 9.17) is 10.3 Å². The van der Waals surface area contributed by atoms with Gasteiger partial charge in [0.05, 0.1) is 12.8 Å². The Morgan fingerprint density at radius 1 is 1.14 bits per heavy atom. The van der Waals surface area contributed by atoms with Crippen LogP contribution in [0.25, 0.3) is 6.08 Å². The third kappa shape index (κ3) is 6.35. The Morgan fingerprint density at radius 2 is 1.89 bits per heavy atom. The lowest BCUT2D eigenvalue weighted by Crippen LogP contribution is -2.20. The second kappa shape index (κ2) is 10.6.